The lowest BCUT2D eigenvalue weighted by atomic mass is 9.84. The fourth-order valence-electron chi connectivity index (χ4n) is 12.8. The summed E-state index contributed by atoms with van der Waals surface area (Å²) in [4.78, 5) is 50.9. The monoisotopic (exact) mass is 1440 g/mol. The maximum atomic E-state index is 14.3. The molecule has 24 nitrogen and oxygen atoms in total. The van der Waals surface area contributed by atoms with E-state index in [0.29, 0.717) is 12.8 Å². The van der Waals surface area contributed by atoms with Gasteiger partial charge in [0.2, 0.25) is 0 Å². The number of phosphoric ester groups is 1. The first-order valence-corrected chi connectivity index (χ1v) is 40.2. The molecule has 580 valence electrons. The first kappa shape index (κ1) is 90.7. The van der Waals surface area contributed by atoms with Crippen LogP contribution in [0.4, 0.5) is 0 Å². The predicted octanol–water partition coefficient (Wildman–Crippen LogP) is 10.9. The second-order valence-corrected chi connectivity index (χ2v) is 29.2. The van der Waals surface area contributed by atoms with E-state index in [2.05, 4.69) is 20.8 Å². The minimum absolute atomic E-state index is 0.0284. The number of carbonyl (C=O) groups is 3. The van der Waals surface area contributed by atoms with Gasteiger partial charge < -0.3 is 89.1 Å². The number of esters is 3. The SMILES string of the molecule is CCCCCCCCCCCCC/C=C/C=C/C(=O)OCC(COP(=O)(O)OC1C(OC2OC(CO)C(O)C(O)C2O)C(O)C(O)C(O)C1OC1OC(COC(=O)CCCCCCCCCCCCCC)C(O)C(O)C1O)OC(=O)CCCCCCCCCCCCCCCCCCC. The Morgan fingerprint density at radius 3 is 1.19 bits per heavy atom. The van der Waals surface area contributed by atoms with Gasteiger partial charge in [0.05, 0.1) is 13.2 Å². The second-order valence-electron chi connectivity index (χ2n) is 27.8. The highest BCUT2D eigenvalue weighted by Gasteiger charge is 2.58. The molecule has 3 rings (SSSR count). The maximum Gasteiger partial charge on any atom is 0.472 e. The van der Waals surface area contributed by atoms with Crippen molar-refractivity contribution in [1.29, 1.82) is 0 Å². The Balaban J connectivity index is 1.74. The maximum absolute atomic E-state index is 14.3. The number of hydrogen-bond acceptors (Lipinski definition) is 23. The van der Waals surface area contributed by atoms with E-state index in [1.54, 1.807) is 6.08 Å². The summed E-state index contributed by atoms with van der Waals surface area (Å²) in [5, 5.41) is 110. The molecule has 1 aliphatic carbocycles. The lowest BCUT2D eigenvalue weighted by molar-refractivity contribution is -0.360. The molecule has 25 heteroatoms. The van der Waals surface area contributed by atoms with Crippen LogP contribution in [-0.2, 0) is 61.2 Å². The molecule has 0 aromatic carbocycles. The first-order chi connectivity index (χ1) is 47.8. The van der Waals surface area contributed by atoms with E-state index in [1.165, 1.54) is 167 Å². The highest BCUT2D eigenvalue weighted by molar-refractivity contribution is 7.47. The quantitative estimate of drug-likeness (QED) is 0.00673. The molecule has 3 aliphatic rings. The smallest absolute Gasteiger partial charge is 0.463 e. The minimum atomic E-state index is -5.72. The summed E-state index contributed by atoms with van der Waals surface area (Å²) in [5.74, 6) is -2.24. The third kappa shape index (κ3) is 38.9. The largest absolute Gasteiger partial charge is 0.472 e. The number of rotatable bonds is 60. The number of ether oxygens (including phenoxy) is 7. The van der Waals surface area contributed by atoms with E-state index in [0.717, 1.165) is 96.0 Å². The Morgan fingerprint density at radius 2 is 0.778 bits per heavy atom. The zero-order valence-electron chi connectivity index (χ0n) is 60.5. The van der Waals surface area contributed by atoms with Gasteiger partial charge in [-0.2, -0.15) is 0 Å². The molecule has 99 heavy (non-hydrogen) atoms. The zero-order chi connectivity index (χ0) is 72.5. The van der Waals surface area contributed by atoms with Gasteiger partial charge in [0.25, 0.3) is 0 Å². The predicted molar refractivity (Wildman–Crippen MR) is 374 cm³/mol. The topological polar surface area (TPSA) is 374 Å². The van der Waals surface area contributed by atoms with Crippen molar-refractivity contribution in [3.63, 3.8) is 0 Å². The first-order valence-electron chi connectivity index (χ1n) is 38.7. The second kappa shape index (κ2) is 55.9. The van der Waals surface area contributed by atoms with Crippen LogP contribution >= 0.6 is 7.82 Å². The van der Waals surface area contributed by atoms with Gasteiger partial charge >= 0.3 is 25.7 Å². The highest BCUT2D eigenvalue weighted by Crippen LogP contribution is 2.49. The number of allylic oxidation sites excluding steroid dienone is 3. The van der Waals surface area contributed by atoms with Crippen molar-refractivity contribution in [2.75, 3.05) is 26.4 Å². The van der Waals surface area contributed by atoms with E-state index in [9.17, 15) is 74.9 Å². The highest BCUT2D eigenvalue weighted by atomic mass is 31.2. The molecule has 11 N–H and O–H groups in total. The average Bonchev–Trinajstić information content (AvgIpc) is 0.762. The molecular formula is C74H135O24P. The van der Waals surface area contributed by atoms with E-state index in [4.69, 9.17) is 42.2 Å². The molecule has 2 heterocycles. The normalized spacial score (nSPS) is 27.6. The van der Waals surface area contributed by atoms with Gasteiger partial charge in [-0.3, -0.25) is 18.6 Å². The van der Waals surface area contributed by atoms with Crippen LogP contribution in [0.2, 0.25) is 0 Å². The number of aliphatic hydroxyl groups excluding tert-OH is 10. The van der Waals surface area contributed by atoms with E-state index in [1.807, 2.05) is 6.08 Å². The third-order valence-electron chi connectivity index (χ3n) is 19.1. The molecular weight excluding hydrogens is 1300 g/mol. The number of carbonyl (C=O) groups excluding carboxylic acids is 3. The summed E-state index contributed by atoms with van der Waals surface area (Å²) in [7, 11) is -5.72. The summed E-state index contributed by atoms with van der Waals surface area (Å²) in [5.41, 5.74) is 0. The van der Waals surface area contributed by atoms with Crippen molar-refractivity contribution >= 4 is 25.7 Å². The summed E-state index contributed by atoms with van der Waals surface area (Å²) >= 11 is 0. The molecule has 2 saturated heterocycles. The molecule has 0 aromatic rings. The van der Waals surface area contributed by atoms with E-state index >= 15 is 0 Å². The molecule has 18 atom stereocenters. The summed E-state index contributed by atoms with van der Waals surface area (Å²) in [6.45, 7) is 3.35. The molecule has 0 spiro atoms. The Kier molecular flexibility index (Phi) is 51.2. The van der Waals surface area contributed by atoms with Crippen molar-refractivity contribution in [2.24, 2.45) is 0 Å². The lowest BCUT2D eigenvalue weighted by Crippen LogP contribution is -2.69. The Bertz CT molecular complexity index is 2140. The van der Waals surface area contributed by atoms with Crippen molar-refractivity contribution in [3.05, 3.63) is 24.3 Å². The van der Waals surface area contributed by atoms with Gasteiger partial charge in [0.15, 0.2) is 18.7 Å². The van der Waals surface area contributed by atoms with Crippen LogP contribution in [0.1, 0.15) is 297 Å². The van der Waals surface area contributed by atoms with Crippen LogP contribution < -0.4 is 0 Å². The average molecular weight is 1440 g/mol. The van der Waals surface area contributed by atoms with Crippen LogP contribution in [0.15, 0.2) is 24.3 Å². The van der Waals surface area contributed by atoms with Gasteiger partial charge in [-0.05, 0) is 25.7 Å². The van der Waals surface area contributed by atoms with E-state index in [-0.39, 0.29) is 12.8 Å². The summed E-state index contributed by atoms with van der Waals surface area (Å²) < 4.78 is 64.9. The molecule has 0 radical (unpaired) electrons. The Labute approximate surface area is 592 Å². The van der Waals surface area contributed by atoms with Crippen LogP contribution in [0.3, 0.4) is 0 Å². The third-order valence-corrected chi connectivity index (χ3v) is 20.1. The van der Waals surface area contributed by atoms with Gasteiger partial charge in [0, 0.05) is 18.9 Å². The Morgan fingerprint density at radius 1 is 0.414 bits per heavy atom. The van der Waals surface area contributed by atoms with Crippen LogP contribution in [0, 0.1) is 0 Å². The van der Waals surface area contributed by atoms with Crippen LogP contribution in [0.25, 0.3) is 0 Å². The number of aliphatic hydroxyl groups is 10. The minimum Gasteiger partial charge on any atom is -0.463 e. The molecule has 0 aromatic heterocycles. The summed E-state index contributed by atoms with van der Waals surface area (Å²) in [6, 6.07) is 0. The van der Waals surface area contributed by atoms with Gasteiger partial charge in [-0.25, -0.2) is 9.36 Å². The molecule has 18 unspecified atom stereocenters. The van der Waals surface area contributed by atoms with Crippen molar-refractivity contribution < 1.29 is 117 Å². The number of hydrogen-bond donors (Lipinski definition) is 11. The van der Waals surface area contributed by atoms with Crippen LogP contribution in [0.5, 0.6) is 0 Å². The lowest BCUT2D eigenvalue weighted by Gasteiger charge is -2.49. The van der Waals surface area contributed by atoms with Gasteiger partial charge in [-0.1, -0.05) is 277 Å². The van der Waals surface area contributed by atoms with Gasteiger partial charge in [0.1, 0.15) is 98.7 Å². The molecule has 0 amide bonds. The molecule has 2 aliphatic heterocycles. The fraction of sp³-hybridized carbons (Fsp3) is 0.905. The fourth-order valence-corrected chi connectivity index (χ4v) is 13.8. The summed E-state index contributed by atoms with van der Waals surface area (Å²) in [6.07, 6.45) is 17.3. The standard InChI is InChI=1S/C74H135O24P/c1-4-7-10-13-16-19-22-25-27-28-30-32-35-38-41-44-47-50-60(78)93-55(52-90-58(76)48-45-42-39-37-34-31-29-26-23-20-17-14-11-8-5-2)53-92-99(88,89)98-72-70(96-73-68(86)63(81)61(79)56(51-75)94-73)66(84)65(83)67(85)71(72)97-74-69(87)64(82)62(80)57(95-74)54-91-59(77)49-46-43-40-36-33-24-21-18-15-12-9-6-3/h39,42,45,48,55-57,61-75,79-87H,4-38,40-41,43-44,46-47,49-54H2,1-3H3,(H,88,89)/b42-39+,48-45+. The molecule has 3 fully saturated rings. The number of unbranched alkanes of at least 4 members (excludes halogenated alkanes) is 38. The zero-order valence-corrected chi connectivity index (χ0v) is 61.4. The van der Waals surface area contributed by atoms with Crippen LogP contribution in [-0.4, -0.2) is 204 Å². The molecule has 1 saturated carbocycles. The Hall–Kier alpha value is -2.56. The van der Waals surface area contributed by atoms with Crippen molar-refractivity contribution in [3.8, 4) is 0 Å². The van der Waals surface area contributed by atoms with Crippen molar-refractivity contribution in [2.45, 2.75) is 401 Å². The number of phosphoric acid groups is 1. The van der Waals surface area contributed by atoms with Gasteiger partial charge in [-0.15, -0.1) is 0 Å². The van der Waals surface area contributed by atoms with Crippen molar-refractivity contribution in [1.82, 2.24) is 0 Å². The van der Waals surface area contributed by atoms with E-state index < -0.39 is 156 Å². The molecule has 0 bridgehead atoms.